The molecule has 0 spiro atoms. The highest BCUT2D eigenvalue weighted by molar-refractivity contribution is 7.90. The fourth-order valence-electron chi connectivity index (χ4n) is 3.70. The van der Waals surface area contributed by atoms with Crippen LogP contribution in [0.1, 0.15) is 65.8 Å². The normalized spacial score (nSPS) is 11.1. The van der Waals surface area contributed by atoms with Crippen LogP contribution in [0.2, 0.25) is 0 Å². The molecular formula is C29H33N3O7S. The van der Waals surface area contributed by atoms with Gasteiger partial charge in [-0.1, -0.05) is 44.2 Å². The van der Waals surface area contributed by atoms with Crippen molar-refractivity contribution in [1.29, 1.82) is 0 Å². The van der Waals surface area contributed by atoms with E-state index in [2.05, 4.69) is 22.4 Å². The molecule has 0 saturated carbocycles. The Bertz CT molecular complexity index is 1370. The molecule has 1 aromatic heterocycles. The second-order valence-electron chi connectivity index (χ2n) is 8.95. The van der Waals surface area contributed by atoms with E-state index in [1.165, 1.54) is 42.0 Å². The number of unbranched alkanes of at least 4 members (excludes halogenated alkanes) is 1. The smallest absolute Gasteiger partial charge is 0.431 e. The van der Waals surface area contributed by atoms with Crippen LogP contribution in [0.25, 0.3) is 0 Å². The van der Waals surface area contributed by atoms with Gasteiger partial charge in [0.15, 0.2) is 0 Å². The third-order valence-corrected chi connectivity index (χ3v) is 7.38. The average molecular weight is 568 g/mol. The van der Waals surface area contributed by atoms with Crippen LogP contribution in [0.4, 0.5) is 4.79 Å². The Morgan fingerprint density at radius 3 is 2.15 bits per heavy atom. The Labute approximate surface area is 234 Å². The molecule has 10 nitrogen and oxygen atoms in total. The zero-order valence-electron chi connectivity index (χ0n) is 22.5. The molecule has 2 aromatic carbocycles. The number of sulfonamides is 1. The summed E-state index contributed by atoms with van der Waals surface area (Å²) >= 11 is 0. The number of aryl methyl sites for hydroxylation is 1. The lowest BCUT2D eigenvalue weighted by atomic mass is 10.1. The van der Waals surface area contributed by atoms with Crippen molar-refractivity contribution in [3.8, 4) is 5.88 Å². The summed E-state index contributed by atoms with van der Waals surface area (Å²) in [6.07, 6.45) is 3.83. The van der Waals surface area contributed by atoms with Crippen molar-refractivity contribution in [2.45, 2.75) is 57.0 Å². The molecule has 0 aliphatic heterocycles. The van der Waals surface area contributed by atoms with E-state index >= 15 is 0 Å². The maximum Gasteiger partial charge on any atom is 0.515 e. The molecule has 2 amide bonds. The van der Waals surface area contributed by atoms with Gasteiger partial charge in [0.25, 0.3) is 21.8 Å². The van der Waals surface area contributed by atoms with Crippen LogP contribution in [-0.2, 0) is 21.2 Å². The molecule has 3 aromatic rings. The largest absolute Gasteiger partial charge is 0.515 e. The fraction of sp³-hybridized carbons (Fsp3) is 0.310. The molecule has 0 radical (unpaired) electrons. The quantitative estimate of drug-likeness (QED) is 0.225. The lowest BCUT2D eigenvalue weighted by Crippen LogP contribution is -2.30. The molecule has 0 aliphatic rings. The minimum atomic E-state index is -4.21. The summed E-state index contributed by atoms with van der Waals surface area (Å²) in [6.45, 7) is 4.25. The van der Waals surface area contributed by atoms with Crippen molar-refractivity contribution in [1.82, 2.24) is 15.0 Å². The van der Waals surface area contributed by atoms with Gasteiger partial charge in [0.05, 0.1) is 10.5 Å². The predicted octanol–water partition coefficient (Wildman–Crippen LogP) is 4.66. The fourth-order valence-corrected chi connectivity index (χ4v) is 4.68. The van der Waals surface area contributed by atoms with Gasteiger partial charge in [-0.25, -0.2) is 22.9 Å². The molecule has 0 unspecified atom stereocenters. The van der Waals surface area contributed by atoms with Crippen LogP contribution in [0.5, 0.6) is 5.88 Å². The topological polar surface area (TPSA) is 141 Å². The van der Waals surface area contributed by atoms with E-state index in [-0.39, 0.29) is 28.4 Å². The zero-order valence-corrected chi connectivity index (χ0v) is 23.3. The van der Waals surface area contributed by atoms with Crippen molar-refractivity contribution in [3.05, 3.63) is 89.6 Å². The van der Waals surface area contributed by atoms with Gasteiger partial charge >= 0.3 is 6.16 Å². The van der Waals surface area contributed by atoms with Gasteiger partial charge in [-0.3, -0.25) is 9.59 Å². The first-order valence-electron chi connectivity index (χ1n) is 13.1. The highest BCUT2D eigenvalue weighted by Crippen LogP contribution is 2.14. The predicted molar refractivity (Wildman–Crippen MR) is 149 cm³/mol. The first kappa shape index (κ1) is 30.3. The summed E-state index contributed by atoms with van der Waals surface area (Å²) in [7, 11) is -4.21. The van der Waals surface area contributed by atoms with E-state index in [9.17, 15) is 22.8 Å². The van der Waals surface area contributed by atoms with Crippen molar-refractivity contribution >= 4 is 28.0 Å². The van der Waals surface area contributed by atoms with Crippen LogP contribution in [0, 0.1) is 0 Å². The Balaban J connectivity index is 1.48. The van der Waals surface area contributed by atoms with Gasteiger partial charge < -0.3 is 14.8 Å². The number of benzene rings is 2. The van der Waals surface area contributed by atoms with Crippen LogP contribution in [-0.4, -0.2) is 44.0 Å². The summed E-state index contributed by atoms with van der Waals surface area (Å²) in [6, 6.07) is 17.9. The number of pyridine rings is 1. The number of hydrogen-bond acceptors (Lipinski definition) is 8. The molecule has 3 rings (SSSR count). The second-order valence-corrected chi connectivity index (χ2v) is 10.6. The number of nitrogens with one attached hydrogen (secondary N) is 2. The van der Waals surface area contributed by atoms with Gasteiger partial charge in [0.1, 0.15) is 6.10 Å². The maximum atomic E-state index is 12.7. The van der Waals surface area contributed by atoms with Gasteiger partial charge in [-0.2, -0.15) is 0 Å². The lowest BCUT2D eigenvalue weighted by Gasteiger charge is -2.13. The van der Waals surface area contributed by atoms with Gasteiger partial charge in [0, 0.05) is 24.4 Å². The van der Waals surface area contributed by atoms with E-state index in [0.717, 1.165) is 25.5 Å². The molecule has 0 aliphatic carbocycles. The number of rotatable bonds is 13. The van der Waals surface area contributed by atoms with Crippen LogP contribution in [0.15, 0.2) is 77.8 Å². The summed E-state index contributed by atoms with van der Waals surface area (Å²) in [5.74, 6) is -1.33. The number of aromatic nitrogens is 1. The minimum Gasteiger partial charge on any atom is -0.431 e. The first-order valence-corrected chi connectivity index (χ1v) is 14.5. The molecule has 1 heterocycles. The summed E-state index contributed by atoms with van der Waals surface area (Å²) in [5.41, 5.74) is 1.48. The van der Waals surface area contributed by atoms with Gasteiger partial charge in [0.2, 0.25) is 5.88 Å². The molecule has 0 saturated heterocycles. The molecule has 11 heteroatoms. The van der Waals surface area contributed by atoms with Crippen molar-refractivity contribution in [2.75, 3.05) is 6.54 Å². The number of carbonyl (C=O) groups is 3. The number of amides is 2. The molecular weight excluding hydrogens is 534 g/mol. The molecule has 40 heavy (non-hydrogen) atoms. The summed E-state index contributed by atoms with van der Waals surface area (Å²) in [4.78, 5) is 40.4. The molecule has 0 bridgehead atoms. The molecule has 212 valence electrons. The van der Waals surface area contributed by atoms with Crippen LogP contribution < -0.4 is 14.8 Å². The van der Waals surface area contributed by atoms with E-state index in [1.807, 2.05) is 36.8 Å². The highest BCUT2D eigenvalue weighted by atomic mass is 32.2. The second kappa shape index (κ2) is 14.8. The van der Waals surface area contributed by atoms with Crippen LogP contribution in [0.3, 0.4) is 0 Å². The minimum absolute atomic E-state index is 0.0625. The first-order chi connectivity index (χ1) is 19.2. The lowest BCUT2D eigenvalue weighted by molar-refractivity contribution is 0.0538. The zero-order chi connectivity index (χ0) is 29.0. The average Bonchev–Trinajstić information content (AvgIpc) is 2.96. The SMILES string of the molecule is CCC(CC)OC(=O)Oc1ccc(C(=O)NS(=O)(=O)c2ccc(C(=O)NCCCCc3ccccc3)cc2)cn1. The number of ether oxygens (including phenoxy) is 2. The number of nitrogens with zero attached hydrogens (tertiary/aromatic N) is 1. The Morgan fingerprint density at radius 1 is 0.850 bits per heavy atom. The third kappa shape index (κ3) is 9.19. The standard InChI is InChI=1S/C29H33N3O7S/c1-3-24(4-2)38-29(35)39-26-18-15-23(20-31-26)28(34)32-40(36,37)25-16-13-22(14-17-25)27(33)30-19-9-8-12-21-10-6-5-7-11-21/h5-7,10-11,13-18,20,24H,3-4,8-9,12,19H2,1-2H3,(H,30,33)(H,32,34). The number of carbonyl (C=O) groups excluding carboxylic acids is 3. The van der Waals surface area contributed by atoms with Crippen molar-refractivity contribution in [3.63, 3.8) is 0 Å². The third-order valence-electron chi connectivity index (χ3n) is 6.03. The Morgan fingerprint density at radius 2 is 1.52 bits per heavy atom. The van der Waals surface area contributed by atoms with Crippen molar-refractivity contribution < 1.29 is 32.3 Å². The van der Waals surface area contributed by atoms with E-state index < -0.39 is 22.1 Å². The molecule has 2 N–H and O–H groups in total. The van der Waals surface area contributed by atoms with E-state index in [0.29, 0.717) is 24.9 Å². The van der Waals surface area contributed by atoms with E-state index in [4.69, 9.17) is 9.47 Å². The summed E-state index contributed by atoms with van der Waals surface area (Å²) in [5, 5.41) is 2.82. The monoisotopic (exact) mass is 567 g/mol. The van der Waals surface area contributed by atoms with Crippen LogP contribution >= 0.6 is 0 Å². The van der Waals surface area contributed by atoms with Gasteiger partial charge in [-0.05, 0) is 68.0 Å². The summed E-state index contributed by atoms with van der Waals surface area (Å²) < 4.78 is 37.5. The highest BCUT2D eigenvalue weighted by Gasteiger charge is 2.20. The number of hydrogen-bond donors (Lipinski definition) is 2. The maximum absolute atomic E-state index is 12.7. The van der Waals surface area contributed by atoms with Gasteiger partial charge in [-0.15, -0.1) is 0 Å². The van der Waals surface area contributed by atoms with E-state index in [1.54, 1.807) is 0 Å². The Kier molecular flexibility index (Phi) is 11.2. The molecule has 0 atom stereocenters. The molecule has 0 fully saturated rings. The van der Waals surface area contributed by atoms with Crippen molar-refractivity contribution in [2.24, 2.45) is 0 Å². The Hall–Kier alpha value is -4.25.